The Labute approximate surface area is 139 Å². The van der Waals surface area contributed by atoms with E-state index in [0.717, 1.165) is 32.4 Å². The van der Waals surface area contributed by atoms with Gasteiger partial charge in [0.25, 0.3) is 0 Å². The summed E-state index contributed by atoms with van der Waals surface area (Å²) in [5, 5.41) is 3.20. The minimum Gasteiger partial charge on any atom is -0.377 e. The zero-order chi connectivity index (χ0) is 15.1. The van der Waals surface area contributed by atoms with Crippen LogP contribution in [0.1, 0.15) is 30.9 Å². The van der Waals surface area contributed by atoms with Crippen molar-refractivity contribution in [1.82, 2.24) is 10.2 Å². The Bertz CT molecular complexity index is 444. The Morgan fingerprint density at radius 1 is 1.32 bits per heavy atom. The smallest absolute Gasteiger partial charge is 0.236 e. The van der Waals surface area contributed by atoms with Crippen molar-refractivity contribution in [3.05, 3.63) is 35.4 Å². The topological polar surface area (TPSA) is 41.6 Å². The molecule has 0 aliphatic carbocycles. The van der Waals surface area contributed by atoms with Crippen LogP contribution in [0.5, 0.6) is 0 Å². The van der Waals surface area contributed by atoms with Gasteiger partial charge in [-0.25, -0.2) is 0 Å². The zero-order valence-electron chi connectivity index (χ0n) is 13.5. The molecule has 1 amide bonds. The third kappa shape index (κ3) is 5.95. The summed E-state index contributed by atoms with van der Waals surface area (Å²) in [6.45, 7) is 4.80. The summed E-state index contributed by atoms with van der Waals surface area (Å²) in [7, 11) is 1.85. The van der Waals surface area contributed by atoms with Crippen LogP contribution in [0.3, 0.4) is 0 Å². The molecule has 5 heteroatoms. The maximum atomic E-state index is 12.1. The van der Waals surface area contributed by atoms with Crippen LogP contribution in [-0.4, -0.2) is 43.7 Å². The monoisotopic (exact) mass is 326 g/mol. The molecule has 1 fully saturated rings. The first-order valence-corrected chi connectivity index (χ1v) is 7.83. The van der Waals surface area contributed by atoms with Crippen molar-refractivity contribution in [3.63, 3.8) is 0 Å². The molecule has 1 aromatic carbocycles. The molecule has 0 radical (unpaired) electrons. The number of ether oxygens (including phenoxy) is 1. The van der Waals surface area contributed by atoms with Crippen molar-refractivity contribution in [1.29, 1.82) is 0 Å². The van der Waals surface area contributed by atoms with Crippen LogP contribution in [0.25, 0.3) is 0 Å². The lowest BCUT2D eigenvalue weighted by atomic mass is 10.1. The van der Waals surface area contributed by atoms with Crippen molar-refractivity contribution in [2.75, 3.05) is 26.7 Å². The van der Waals surface area contributed by atoms with Gasteiger partial charge in [-0.15, -0.1) is 12.4 Å². The Balaban J connectivity index is 0.00000242. The molecule has 124 valence electrons. The number of hydrogen-bond acceptors (Lipinski definition) is 3. The van der Waals surface area contributed by atoms with E-state index in [4.69, 9.17) is 4.74 Å². The highest BCUT2D eigenvalue weighted by molar-refractivity contribution is 5.85. The Morgan fingerprint density at radius 2 is 2.00 bits per heavy atom. The standard InChI is InChI=1S/C17H26N2O2.ClH/c1-3-14-6-8-15(9-7-14)13-19(2)17(20)12-18-11-16-5-4-10-21-16;/h6-9,16,18H,3-5,10-13H2,1-2H3;1H. The van der Waals surface area contributed by atoms with E-state index in [2.05, 4.69) is 36.5 Å². The van der Waals surface area contributed by atoms with Gasteiger partial charge in [0.1, 0.15) is 0 Å². The molecule has 1 aliphatic rings. The molecule has 0 spiro atoms. The molecular formula is C17H27ClN2O2. The SMILES string of the molecule is CCc1ccc(CN(C)C(=O)CNCC2CCCO2)cc1.Cl. The summed E-state index contributed by atoms with van der Waals surface area (Å²) in [6, 6.07) is 8.46. The van der Waals surface area contributed by atoms with E-state index in [1.807, 2.05) is 7.05 Å². The van der Waals surface area contributed by atoms with Crippen molar-refractivity contribution in [2.45, 2.75) is 38.8 Å². The van der Waals surface area contributed by atoms with Crippen LogP contribution in [0, 0.1) is 0 Å². The lowest BCUT2D eigenvalue weighted by Crippen LogP contribution is -2.38. The highest BCUT2D eigenvalue weighted by Gasteiger charge is 2.16. The highest BCUT2D eigenvalue weighted by Crippen LogP contribution is 2.10. The van der Waals surface area contributed by atoms with Gasteiger partial charge in [0.05, 0.1) is 12.6 Å². The van der Waals surface area contributed by atoms with E-state index >= 15 is 0 Å². The van der Waals surface area contributed by atoms with Gasteiger partial charge in [0.15, 0.2) is 0 Å². The van der Waals surface area contributed by atoms with Crippen LogP contribution >= 0.6 is 12.4 Å². The Hall–Kier alpha value is -1.10. The van der Waals surface area contributed by atoms with Gasteiger partial charge in [-0.05, 0) is 30.4 Å². The molecular weight excluding hydrogens is 300 g/mol. The maximum Gasteiger partial charge on any atom is 0.236 e. The molecule has 2 rings (SSSR count). The minimum absolute atomic E-state index is 0. The number of benzene rings is 1. The number of aryl methyl sites for hydroxylation is 1. The predicted octanol–water partition coefficient (Wildman–Crippen LogP) is 2.40. The van der Waals surface area contributed by atoms with E-state index in [0.29, 0.717) is 13.1 Å². The lowest BCUT2D eigenvalue weighted by molar-refractivity contribution is -0.129. The first-order valence-electron chi connectivity index (χ1n) is 7.83. The van der Waals surface area contributed by atoms with Gasteiger partial charge in [-0.1, -0.05) is 31.2 Å². The molecule has 1 aliphatic heterocycles. The molecule has 0 bridgehead atoms. The molecule has 1 saturated heterocycles. The molecule has 0 aromatic heterocycles. The molecule has 4 nitrogen and oxygen atoms in total. The molecule has 22 heavy (non-hydrogen) atoms. The fourth-order valence-electron chi connectivity index (χ4n) is 2.52. The van der Waals surface area contributed by atoms with Gasteiger partial charge in [-0.2, -0.15) is 0 Å². The van der Waals surface area contributed by atoms with Crippen molar-refractivity contribution in [3.8, 4) is 0 Å². The number of halogens is 1. The number of nitrogens with zero attached hydrogens (tertiary/aromatic N) is 1. The van der Waals surface area contributed by atoms with Crippen LogP contribution in [-0.2, 0) is 22.5 Å². The number of rotatable bonds is 7. The zero-order valence-corrected chi connectivity index (χ0v) is 14.3. The first-order chi connectivity index (χ1) is 10.2. The number of hydrogen-bond donors (Lipinski definition) is 1. The molecule has 1 heterocycles. The number of amides is 1. The third-order valence-electron chi connectivity index (χ3n) is 3.95. The van der Waals surface area contributed by atoms with Gasteiger partial charge in [-0.3, -0.25) is 4.79 Å². The van der Waals surface area contributed by atoms with Gasteiger partial charge in [0, 0.05) is 26.7 Å². The third-order valence-corrected chi connectivity index (χ3v) is 3.95. The van der Waals surface area contributed by atoms with Gasteiger partial charge in [0.2, 0.25) is 5.91 Å². The second kappa shape index (κ2) is 9.82. The maximum absolute atomic E-state index is 12.1. The number of likely N-dealkylation sites (N-methyl/N-ethyl adjacent to an activating group) is 1. The van der Waals surface area contributed by atoms with Gasteiger partial charge < -0.3 is 15.0 Å². The average Bonchev–Trinajstić information content (AvgIpc) is 3.01. The van der Waals surface area contributed by atoms with Crippen LogP contribution in [0.2, 0.25) is 0 Å². The van der Waals surface area contributed by atoms with Crippen LogP contribution < -0.4 is 5.32 Å². The normalized spacial score (nSPS) is 17.1. The van der Waals surface area contributed by atoms with Gasteiger partial charge >= 0.3 is 0 Å². The summed E-state index contributed by atoms with van der Waals surface area (Å²) in [6.07, 6.45) is 3.56. The fourth-order valence-corrected chi connectivity index (χ4v) is 2.52. The van der Waals surface area contributed by atoms with E-state index in [-0.39, 0.29) is 24.4 Å². The Kier molecular flexibility index (Phi) is 8.46. The quantitative estimate of drug-likeness (QED) is 0.836. The highest BCUT2D eigenvalue weighted by atomic mass is 35.5. The van der Waals surface area contributed by atoms with Crippen molar-refractivity contribution in [2.24, 2.45) is 0 Å². The molecule has 1 atom stereocenters. The summed E-state index contributed by atoms with van der Waals surface area (Å²) < 4.78 is 5.53. The molecule has 1 N–H and O–H groups in total. The average molecular weight is 327 g/mol. The molecule has 0 saturated carbocycles. The van der Waals surface area contributed by atoms with E-state index in [1.165, 1.54) is 11.1 Å². The fraction of sp³-hybridized carbons (Fsp3) is 0.588. The van der Waals surface area contributed by atoms with Crippen molar-refractivity contribution >= 4 is 18.3 Å². The van der Waals surface area contributed by atoms with E-state index < -0.39 is 0 Å². The number of nitrogens with one attached hydrogen (secondary N) is 1. The first kappa shape index (κ1) is 18.9. The largest absolute Gasteiger partial charge is 0.377 e. The summed E-state index contributed by atoms with van der Waals surface area (Å²) in [5.74, 6) is 0.118. The second-order valence-corrected chi connectivity index (χ2v) is 5.69. The van der Waals surface area contributed by atoms with E-state index in [1.54, 1.807) is 4.90 Å². The van der Waals surface area contributed by atoms with Crippen LogP contribution in [0.15, 0.2) is 24.3 Å². The van der Waals surface area contributed by atoms with Crippen LogP contribution in [0.4, 0.5) is 0 Å². The predicted molar refractivity (Wildman–Crippen MR) is 91.4 cm³/mol. The number of carbonyl (C=O) groups is 1. The lowest BCUT2D eigenvalue weighted by Gasteiger charge is -2.18. The molecule has 1 aromatic rings. The van der Waals surface area contributed by atoms with Crippen molar-refractivity contribution < 1.29 is 9.53 Å². The van der Waals surface area contributed by atoms with E-state index in [9.17, 15) is 4.79 Å². The summed E-state index contributed by atoms with van der Waals surface area (Å²) >= 11 is 0. The summed E-state index contributed by atoms with van der Waals surface area (Å²) in [5.41, 5.74) is 2.49. The number of carbonyl (C=O) groups excluding carboxylic acids is 1. The summed E-state index contributed by atoms with van der Waals surface area (Å²) in [4.78, 5) is 13.8. The second-order valence-electron chi connectivity index (χ2n) is 5.69. The Morgan fingerprint density at radius 3 is 2.59 bits per heavy atom. The molecule has 1 unspecified atom stereocenters. The minimum atomic E-state index is 0.